The van der Waals surface area contributed by atoms with E-state index in [1.807, 2.05) is 12.1 Å². The molecular formula is C36H48N2O4. The molecule has 0 saturated heterocycles. The van der Waals surface area contributed by atoms with Gasteiger partial charge in [0.05, 0.1) is 24.6 Å². The molecule has 0 heterocycles. The molecule has 0 spiro atoms. The Bertz CT molecular complexity index is 1120. The first kappa shape index (κ1) is 32.7. The first-order valence-electron chi connectivity index (χ1n) is 15.7. The molecular weight excluding hydrogens is 524 g/mol. The van der Waals surface area contributed by atoms with Gasteiger partial charge in [-0.1, -0.05) is 78.1 Å². The van der Waals surface area contributed by atoms with Gasteiger partial charge >= 0.3 is 0 Å². The number of phenolic OH excluding ortho intramolecular Hbond substituents is 2. The van der Waals surface area contributed by atoms with E-state index in [0.717, 1.165) is 59.7 Å². The number of unbranched alkanes of at least 4 members (excludes halogenated alkanes) is 10. The molecule has 226 valence electrons. The Hall–Kier alpha value is -3.80. The number of nitrogens with zero attached hydrogens (tertiary/aromatic N) is 2. The van der Waals surface area contributed by atoms with Crippen LogP contribution in [-0.4, -0.2) is 35.9 Å². The van der Waals surface area contributed by atoms with E-state index in [-0.39, 0.29) is 11.5 Å². The zero-order valence-electron chi connectivity index (χ0n) is 25.4. The van der Waals surface area contributed by atoms with Gasteiger partial charge in [0.1, 0.15) is 23.0 Å². The molecule has 0 aliphatic rings. The van der Waals surface area contributed by atoms with Gasteiger partial charge in [-0.2, -0.15) is 0 Å². The highest BCUT2D eigenvalue weighted by molar-refractivity contribution is 5.92. The molecule has 3 aromatic rings. The van der Waals surface area contributed by atoms with Crippen molar-refractivity contribution in [3.05, 3.63) is 71.8 Å². The summed E-state index contributed by atoms with van der Waals surface area (Å²) in [6, 6.07) is 17.6. The quantitative estimate of drug-likeness (QED) is 0.104. The van der Waals surface area contributed by atoms with Crippen LogP contribution in [0.15, 0.2) is 70.6 Å². The van der Waals surface area contributed by atoms with Crippen LogP contribution in [0.3, 0.4) is 0 Å². The van der Waals surface area contributed by atoms with E-state index in [0.29, 0.717) is 13.2 Å². The highest BCUT2D eigenvalue weighted by atomic mass is 16.5. The molecule has 2 N–H and O–H groups in total. The summed E-state index contributed by atoms with van der Waals surface area (Å²) in [4.78, 5) is 9.28. The predicted octanol–water partition coefficient (Wildman–Crippen LogP) is 10.1. The van der Waals surface area contributed by atoms with Crippen molar-refractivity contribution in [3.63, 3.8) is 0 Å². The Morgan fingerprint density at radius 2 is 0.881 bits per heavy atom. The number of benzene rings is 3. The van der Waals surface area contributed by atoms with Crippen LogP contribution >= 0.6 is 0 Å². The molecule has 0 fully saturated rings. The molecule has 6 heteroatoms. The van der Waals surface area contributed by atoms with Gasteiger partial charge < -0.3 is 19.7 Å². The van der Waals surface area contributed by atoms with E-state index in [9.17, 15) is 10.2 Å². The molecule has 3 rings (SSSR count). The Kier molecular flexibility index (Phi) is 15.1. The van der Waals surface area contributed by atoms with Crippen molar-refractivity contribution < 1.29 is 19.7 Å². The summed E-state index contributed by atoms with van der Waals surface area (Å²) >= 11 is 0. The normalized spacial score (nSPS) is 11.5. The molecule has 3 aromatic carbocycles. The standard InChI is InChI=1S/C36H48N2O4/c1-3-5-7-9-11-13-23-41-35-25-30(28-38-32-17-21-34(40)22-18-32)36(42-24-14-12-10-8-6-4-2)26-29(35)27-37-31-15-19-33(39)20-16-31/h15-22,25-28,39-40H,3-14,23-24H2,1-2H3. The van der Waals surface area contributed by atoms with E-state index in [1.165, 1.54) is 51.4 Å². The van der Waals surface area contributed by atoms with Crippen molar-refractivity contribution in [2.24, 2.45) is 9.98 Å². The zero-order chi connectivity index (χ0) is 29.8. The average molecular weight is 573 g/mol. The van der Waals surface area contributed by atoms with E-state index in [4.69, 9.17) is 9.47 Å². The minimum atomic E-state index is 0.208. The third kappa shape index (κ3) is 12.4. The van der Waals surface area contributed by atoms with Gasteiger partial charge in [0.25, 0.3) is 0 Å². The Labute approximate surface area is 252 Å². The molecule has 0 amide bonds. The van der Waals surface area contributed by atoms with Crippen LogP contribution in [-0.2, 0) is 0 Å². The zero-order valence-corrected chi connectivity index (χ0v) is 25.4. The summed E-state index contributed by atoms with van der Waals surface area (Å²) in [6.45, 7) is 5.71. The molecule has 0 aromatic heterocycles. The first-order valence-corrected chi connectivity index (χ1v) is 15.7. The lowest BCUT2D eigenvalue weighted by Gasteiger charge is -2.15. The average Bonchev–Trinajstić information content (AvgIpc) is 3.00. The van der Waals surface area contributed by atoms with Gasteiger partial charge in [-0.3, -0.25) is 9.98 Å². The molecule has 42 heavy (non-hydrogen) atoms. The number of hydrogen-bond acceptors (Lipinski definition) is 6. The van der Waals surface area contributed by atoms with Crippen LogP contribution in [0.1, 0.15) is 102 Å². The van der Waals surface area contributed by atoms with E-state index in [2.05, 4.69) is 23.8 Å². The van der Waals surface area contributed by atoms with Crippen molar-refractivity contribution >= 4 is 23.8 Å². The lowest BCUT2D eigenvalue weighted by Crippen LogP contribution is -2.05. The second-order valence-electron chi connectivity index (χ2n) is 10.7. The number of rotatable bonds is 20. The largest absolute Gasteiger partial charge is 0.508 e. The maximum absolute atomic E-state index is 9.64. The highest BCUT2D eigenvalue weighted by Gasteiger charge is 2.11. The second-order valence-corrected chi connectivity index (χ2v) is 10.7. The fourth-order valence-corrected chi connectivity index (χ4v) is 4.54. The van der Waals surface area contributed by atoms with Gasteiger partial charge in [-0.15, -0.1) is 0 Å². The van der Waals surface area contributed by atoms with E-state index < -0.39 is 0 Å². The van der Waals surface area contributed by atoms with Crippen LogP contribution in [0.5, 0.6) is 23.0 Å². The summed E-state index contributed by atoms with van der Waals surface area (Å²) in [5.74, 6) is 1.87. The Balaban J connectivity index is 1.83. The lowest BCUT2D eigenvalue weighted by atomic mass is 10.1. The molecule has 0 bridgehead atoms. The number of hydrogen-bond donors (Lipinski definition) is 2. The SMILES string of the molecule is CCCCCCCCOc1cc(C=Nc2ccc(O)cc2)c(OCCCCCCCC)cc1C=Nc1ccc(O)cc1. The third-order valence-corrected chi connectivity index (χ3v) is 7.06. The number of phenols is 2. The van der Waals surface area contributed by atoms with Gasteiger partial charge in [-0.25, -0.2) is 0 Å². The maximum atomic E-state index is 9.64. The Morgan fingerprint density at radius 1 is 0.524 bits per heavy atom. The fourth-order valence-electron chi connectivity index (χ4n) is 4.54. The second kappa shape index (κ2) is 19.3. The van der Waals surface area contributed by atoms with Crippen LogP contribution in [0.4, 0.5) is 11.4 Å². The van der Waals surface area contributed by atoms with E-state index >= 15 is 0 Å². The molecule has 0 aliphatic heterocycles. The van der Waals surface area contributed by atoms with Crippen LogP contribution in [0.25, 0.3) is 0 Å². The monoisotopic (exact) mass is 572 g/mol. The summed E-state index contributed by atoms with van der Waals surface area (Å²) < 4.78 is 12.6. The fraction of sp³-hybridized carbons (Fsp3) is 0.444. The summed E-state index contributed by atoms with van der Waals surface area (Å²) in [5, 5.41) is 19.3. The maximum Gasteiger partial charge on any atom is 0.128 e. The third-order valence-electron chi connectivity index (χ3n) is 7.06. The van der Waals surface area contributed by atoms with Crippen molar-refractivity contribution in [2.75, 3.05) is 13.2 Å². The summed E-state index contributed by atoms with van der Waals surface area (Å²) in [7, 11) is 0. The van der Waals surface area contributed by atoms with Gasteiger partial charge in [0.15, 0.2) is 0 Å². The molecule has 6 nitrogen and oxygen atoms in total. The minimum Gasteiger partial charge on any atom is -0.508 e. The number of aromatic hydroxyl groups is 2. The molecule has 0 aliphatic carbocycles. The predicted molar refractivity (Wildman–Crippen MR) is 175 cm³/mol. The minimum absolute atomic E-state index is 0.208. The topological polar surface area (TPSA) is 83.6 Å². The van der Waals surface area contributed by atoms with Crippen LogP contribution < -0.4 is 9.47 Å². The smallest absolute Gasteiger partial charge is 0.128 e. The number of ether oxygens (including phenoxy) is 2. The molecule has 0 atom stereocenters. The van der Waals surface area contributed by atoms with Crippen molar-refractivity contribution in [2.45, 2.75) is 90.9 Å². The van der Waals surface area contributed by atoms with Crippen molar-refractivity contribution in [3.8, 4) is 23.0 Å². The van der Waals surface area contributed by atoms with Gasteiger partial charge in [-0.05, 0) is 73.5 Å². The molecule has 0 unspecified atom stereocenters. The van der Waals surface area contributed by atoms with E-state index in [1.54, 1.807) is 61.0 Å². The van der Waals surface area contributed by atoms with Crippen LogP contribution in [0, 0.1) is 0 Å². The van der Waals surface area contributed by atoms with Crippen molar-refractivity contribution in [1.29, 1.82) is 0 Å². The van der Waals surface area contributed by atoms with Crippen LogP contribution in [0.2, 0.25) is 0 Å². The van der Waals surface area contributed by atoms with Gasteiger partial charge in [0, 0.05) is 23.6 Å². The summed E-state index contributed by atoms with van der Waals surface area (Å²) in [5.41, 5.74) is 3.13. The Morgan fingerprint density at radius 3 is 1.26 bits per heavy atom. The first-order chi connectivity index (χ1) is 20.6. The molecule has 0 saturated carbocycles. The lowest BCUT2D eigenvalue weighted by molar-refractivity contribution is 0.295. The van der Waals surface area contributed by atoms with Crippen molar-refractivity contribution in [1.82, 2.24) is 0 Å². The number of aliphatic imine (C=N–C) groups is 2. The summed E-state index contributed by atoms with van der Waals surface area (Å²) in [6.07, 6.45) is 17.9. The highest BCUT2D eigenvalue weighted by Crippen LogP contribution is 2.30. The van der Waals surface area contributed by atoms with Gasteiger partial charge in [0.2, 0.25) is 0 Å². The molecule has 0 radical (unpaired) electrons.